The van der Waals surface area contributed by atoms with Gasteiger partial charge in [-0.1, -0.05) is 44.4 Å². The maximum absolute atomic E-state index is 15.3. The van der Waals surface area contributed by atoms with Gasteiger partial charge in [-0.25, -0.2) is 8.78 Å². The highest BCUT2D eigenvalue weighted by Gasteiger charge is 2.65. The Hall–Kier alpha value is -2.44. The molecule has 0 bridgehead atoms. The molecule has 0 saturated heterocycles. The van der Waals surface area contributed by atoms with Crippen molar-refractivity contribution in [1.82, 2.24) is 0 Å². The molecule has 1 saturated carbocycles. The predicted octanol–water partition coefficient (Wildman–Crippen LogP) is 8.93. The zero-order valence-electron chi connectivity index (χ0n) is 19.8. The molecule has 0 amide bonds. The number of ether oxygens (including phenoxy) is 1. The van der Waals surface area contributed by atoms with E-state index in [2.05, 4.69) is 6.58 Å². The van der Waals surface area contributed by atoms with Crippen LogP contribution in [-0.4, -0.2) is 6.61 Å². The standard InChI is InChI=1S/C28H30F6O/c1-3-5-7-17-8-10-18(11-9-17)16-35-22-15-14-21-20-13-12-19(6-4-2)25(29)23(20)27(31,32)28(33,34)24(21)26(22)30/h3,12-15,17-18H,1,4-11,16H2,2H3. The maximum atomic E-state index is 15.3. The fraction of sp³-hybridized carbons (Fsp3) is 0.500. The Kier molecular flexibility index (Phi) is 7.26. The minimum atomic E-state index is -4.94. The van der Waals surface area contributed by atoms with E-state index in [1.807, 2.05) is 6.08 Å². The van der Waals surface area contributed by atoms with Gasteiger partial charge < -0.3 is 4.74 Å². The molecule has 35 heavy (non-hydrogen) atoms. The highest BCUT2D eigenvalue weighted by Crippen LogP contribution is 2.60. The molecule has 1 fully saturated rings. The molecule has 0 heterocycles. The summed E-state index contributed by atoms with van der Waals surface area (Å²) in [5.41, 5.74) is -3.74. The molecule has 2 aliphatic carbocycles. The molecular weight excluding hydrogens is 466 g/mol. The second-order valence-corrected chi connectivity index (χ2v) is 9.72. The van der Waals surface area contributed by atoms with Crippen LogP contribution >= 0.6 is 0 Å². The average Bonchev–Trinajstić information content (AvgIpc) is 2.82. The monoisotopic (exact) mass is 496 g/mol. The zero-order chi connectivity index (χ0) is 25.4. The van der Waals surface area contributed by atoms with Crippen LogP contribution in [0.1, 0.15) is 68.6 Å². The first kappa shape index (κ1) is 25.6. The summed E-state index contributed by atoms with van der Waals surface area (Å²) in [7, 11) is 0. The van der Waals surface area contributed by atoms with Crippen LogP contribution in [0.4, 0.5) is 26.3 Å². The van der Waals surface area contributed by atoms with Crippen LogP contribution in [0, 0.1) is 23.5 Å². The van der Waals surface area contributed by atoms with Gasteiger partial charge in [-0.2, -0.15) is 17.6 Å². The van der Waals surface area contributed by atoms with E-state index in [-0.39, 0.29) is 24.5 Å². The number of halogens is 6. The van der Waals surface area contributed by atoms with E-state index in [4.69, 9.17) is 4.74 Å². The van der Waals surface area contributed by atoms with E-state index in [1.165, 1.54) is 18.2 Å². The molecule has 7 heteroatoms. The molecule has 0 spiro atoms. The molecule has 0 radical (unpaired) electrons. The summed E-state index contributed by atoms with van der Waals surface area (Å²) in [4.78, 5) is 0. The minimum absolute atomic E-state index is 0.0650. The molecule has 0 N–H and O–H groups in total. The lowest BCUT2D eigenvalue weighted by Crippen LogP contribution is -2.41. The van der Waals surface area contributed by atoms with Crippen LogP contribution in [0.2, 0.25) is 0 Å². The number of rotatable bonds is 8. The lowest BCUT2D eigenvalue weighted by molar-refractivity contribution is -0.228. The minimum Gasteiger partial charge on any atom is -0.490 e. The summed E-state index contributed by atoms with van der Waals surface area (Å²) >= 11 is 0. The molecule has 0 atom stereocenters. The molecule has 0 unspecified atom stereocenters. The Balaban J connectivity index is 1.62. The highest BCUT2D eigenvalue weighted by atomic mass is 19.3. The molecule has 4 rings (SSSR count). The van der Waals surface area contributed by atoms with Crippen molar-refractivity contribution in [1.29, 1.82) is 0 Å². The van der Waals surface area contributed by atoms with Gasteiger partial charge in [0.2, 0.25) is 0 Å². The van der Waals surface area contributed by atoms with Crippen molar-refractivity contribution in [2.24, 2.45) is 11.8 Å². The topological polar surface area (TPSA) is 9.23 Å². The van der Waals surface area contributed by atoms with Crippen LogP contribution in [0.5, 0.6) is 5.75 Å². The molecule has 2 aromatic carbocycles. The van der Waals surface area contributed by atoms with Gasteiger partial charge in [0.25, 0.3) is 0 Å². The van der Waals surface area contributed by atoms with Crippen molar-refractivity contribution in [3.63, 3.8) is 0 Å². The summed E-state index contributed by atoms with van der Waals surface area (Å²) in [6.45, 7) is 5.59. The van der Waals surface area contributed by atoms with Crippen molar-refractivity contribution >= 4 is 0 Å². The predicted molar refractivity (Wildman–Crippen MR) is 124 cm³/mol. The summed E-state index contributed by atoms with van der Waals surface area (Å²) in [5.74, 6) is -12.5. The quantitative estimate of drug-likeness (QED) is 0.262. The van der Waals surface area contributed by atoms with Crippen LogP contribution in [-0.2, 0) is 18.3 Å². The summed E-state index contributed by atoms with van der Waals surface area (Å²) in [6, 6.07) is 4.77. The summed E-state index contributed by atoms with van der Waals surface area (Å²) in [6.07, 6.45) is 8.25. The van der Waals surface area contributed by atoms with E-state index in [1.54, 1.807) is 6.92 Å². The van der Waals surface area contributed by atoms with Crippen LogP contribution in [0.3, 0.4) is 0 Å². The Morgan fingerprint density at radius 2 is 1.46 bits per heavy atom. The number of aryl methyl sites for hydroxylation is 1. The van der Waals surface area contributed by atoms with Gasteiger partial charge in [0, 0.05) is 0 Å². The zero-order valence-corrected chi connectivity index (χ0v) is 19.8. The maximum Gasteiger partial charge on any atom is 0.343 e. The SMILES string of the molecule is C=CCCC1CCC(COc2ccc3c(c2F)C(F)(F)C(F)(F)c2c-3ccc(CCC)c2F)CC1. The van der Waals surface area contributed by atoms with E-state index in [9.17, 15) is 4.39 Å². The van der Waals surface area contributed by atoms with Gasteiger partial charge >= 0.3 is 11.8 Å². The van der Waals surface area contributed by atoms with Crippen molar-refractivity contribution in [2.75, 3.05) is 6.61 Å². The molecule has 0 aromatic heterocycles. The third kappa shape index (κ3) is 4.47. The molecule has 190 valence electrons. The second-order valence-electron chi connectivity index (χ2n) is 9.72. The fourth-order valence-corrected chi connectivity index (χ4v) is 5.37. The first-order valence-corrected chi connectivity index (χ1v) is 12.3. The van der Waals surface area contributed by atoms with Crippen molar-refractivity contribution in [2.45, 2.75) is 70.1 Å². The van der Waals surface area contributed by atoms with Gasteiger partial charge in [-0.05, 0) is 72.8 Å². The van der Waals surface area contributed by atoms with E-state index in [0.717, 1.165) is 44.6 Å². The number of benzene rings is 2. The van der Waals surface area contributed by atoms with Crippen molar-refractivity contribution < 1.29 is 31.1 Å². The van der Waals surface area contributed by atoms with Gasteiger partial charge in [0.05, 0.1) is 17.7 Å². The van der Waals surface area contributed by atoms with Gasteiger partial charge in [0.15, 0.2) is 11.6 Å². The number of hydrogen-bond donors (Lipinski definition) is 0. The van der Waals surface area contributed by atoms with Gasteiger partial charge in [-0.15, -0.1) is 6.58 Å². The largest absolute Gasteiger partial charge is 0.490 e. The van der Waals surface area contributed by atoms with Crippen molar-refractivity contribution in [3.05, 3.63) is 65.2 Å². The Morgan fingerprint density at radius 3 is 2.06 bits per heavy atom. The van der Waals surface area contributed by atoms with Crippen LogP contribution < -0.4 is 4.74 Å². The van der Waals surface area contributed by atoms with Gasteiger partial charge in [-0.3, -0.25) is 0 Å². The van der Waals surface area contributed by atoms with E-state index >= 15 is 22.0 Å². The third-order valence-electron chi connectivity index (χ3n) is 7.38. The smallest absolute Gasteiger partial charge is 0.343 e. The Bertz CT molecular complexity index is 1090. The highest BCUT2D eigenvalue weighted by molar-refractivity contribution is 5.77. The number of fused-ring (bicyclic) bond motifs is 3. The molecule has 0 aliphatic heterocycles. The lowest BCUT2D eigenvalue weighted by Gasteiger charge is -2.36. The molecule has 1 nitrogen and oxygen atoms in total. The number of hydrogen-bond acceptors (Lipinski definition) is 1. The average molecular weight is 497 g/mol. The summed E-state index contributed by atoms with van der Waals surface area (Å²) < 4.78 is 96.1. The Morgan fingerprint density at radius 1 is 0.886 bits per heavy atom. The third-order valence-corrected chi connectivity index (χ3v) is 7.38. The van der Waals surface area contributed by atoms with Gasteiger partial charge in [0.1, 0.15) is 5.82 Å². The first-order chi connectivity index (χ1) is 16.6. The first-order valence-electron chi connectivity index (χ1n) is 12.3. The number of alkyl halides is 4. The lowest BCUT2D eigenvalue weighted by atomic mass is 9.78. The fourth-order valence-electron chi connectivity index (χ4n) is 5.37. The molecular formula is C28H30F6O. The normalized spacial score (nSPS) is 22.3. The summed E-state index contributed by atoms with van der Waals surface area (Å²) in [5, 5.41) is 0. The van der Waals surface area contributed by atoms with Crippen molar-refractivity contribution in [3.8, 4) is 16.9 Å². The van der Waals surface area contributed by atoms with E-state index < -0.39 is 51.5 Å². The Labute approximate surface area is 202 Å². The number of allylic oxidation sites excluding steroid dienone is 1. The molecule has 2 aliphatic rings. The molecule has 2 aromatic rings. The second kappa shape index (κ2) is 9.90. The van der Waals surface area contributed by atoms with Crippen LogP contribution in [0.25, 0.3) is 11.1 Å². The van der Waals surface area contributed by atoms with E-state index in [0.29, 0.717) is 12.3 Å². The van der Waals surface area contributed by atoms with Crippen LogP contribution in [0.15, 0.2) is 36.9 Å².